The summed E-state index contributed by atoms with van der Waals surface area (Å²) in [6, 6.07) is 93.1. The minimum absolute atomic E-state index is 0.481. The molecule has 70 heavy (non-hydrogen) atoms. The van der Waals surface area contributed by atoms with E-state index in [-0.39, 0.29) is 0 Å². The molecule has 2 nitrogen and oxygen atoms in total. The van der Waals surface area contributed by atoms with E-state index in [9.17, 15) is 0 Å². The van der Waals surface area contributed by atoms with Gasteiger partial charge in [0.1, 0.15) is 11.2 Å². The number of anilines is 3. The SMILES string of the molecule is c1cc(-c2ccc3c(c2)oc2ccccc23)cc(N(c2ccc3c(c2)C2(c4ccccc4-c4ccccc42)c2ccccc2-3)c2cccc3c2-c2ccccc2C32c3ccccc3-c3ccccc32)c1. The van der Waals surface area contributed by atoms with Crippen molar-refractivity contribution in [3.05, 3.63) is 293 Å². The zero-order valence-corrected chi connectivity index (χ0v) is 38.0. The monoisotopic (exact) mass is 887 g/mol. The lowest BCUT2D eigenvalue weighted by molar-refractivity contribution is 0.669. The van der Waals surface area contributed by atoms with Gasteiger partial charge in [-0.25, -0.2) is 0 Å². The van der Waals surface area contributed by atoms with Crippen LogP contribution in [0.5, 0.6) is 0 Å². The summed E-state index contributed by atoms with van der Waals surface area (Å²) in [4.78, 5) is 2.55. The van der Waals surface area contributed by atoms with Gasteiger partial charge >= 0.3 is 0 Å². The Balaban J connectivity index is 0.978. The molecule has 12 aromatic rings. The first kappa shape index (κ1) is 38.0. The largest absolute Gasteiger partial charge is 0.456 e. The maximum absolute atomic E-state index is 6.47. The molecule has 0 radical (unpaired) electrons. The first-order valence-corrected chi connectivity index (χ1v) is 24.4. The van der Waals surface area contributed by atoms with Crippen molar-refractivity contribution in [3.8, 4) is 55.6 Å². The Kier molecular flexibility index (Phi) is 7.51. The summed E-state index contributed by atoms with van der Waals surface area (Å²) in [5.41, 5.74) is 27.3. The number of rotatable bonds is 4. The van der Waals surface area contributed by atoms with E-state index in [2.05, 4.69) is 248 Å². The first-order chi connectivity index (χ1) is 34.7. The van der Waals surface area contributed by atoms with Gasteiger partial charge in [-0.2, -0.15) is 0 Å². The molecule has 11 aromatic carbocycles. The maximum Gasteiger partial charge on any atom is 0.136 e. The molecular weight excluding hydrogens is 847 g/mol. The molecule has 0 amide bonds. The topological polar surface area (TPSA) is 16.4 Å². The molecule has 2 heteroatoms. The summed E-state index contributed by atoms with van der Waals surface area (Å²) in [5, 5.41) is 2.26. The zero-order chi connectivity index (χ0) is 45.7. The summed E-state index contributed by atoms with van der Waals surface area (Å²) in [6.45, 7) is 0. The second-order valence-electron chi connectivity index (χ2n) is 19.4. The molecular formula is C68H41NO. The van der Waals surface area contributed by atoms with Gasteiger partial charge in [0, 0.05) is 27.7 Å². The fourth-order valence-corrected chi connectivity index (χ4v) is 13.7. The highest BCUT2D eigenvalue weighted by Crippen LogP contribution is 2.66. The van der Waals surface area contributed by atoms with Crippen LogP contribution in [0.15, 0.2) is 253 Å². The van der Waals surface area contributed by atoms with E-state index in [0.717, 1.165) is 50.1 Å². The second-order valence-corrected chi connectivity index (χ2v) is 19.4. The molecule has 1 aromatic heterocycles. The van der Waals surface area contributed by atoms with Gasteiger partial charge in [0.2, 0.25) is 0 Å². The molecule has 2 spiro atoms. The van der Waals surface area contributed by atoms with Crippen LogP contribution in [0, 0.1) is 0 Å². The number of fused-ring (bicyclic) bond motifs is 23. The van der Waals surface area contributed by atoms with E-state index < -0.39 is 10.8 Å². The van der Waals surface area contributed by atoms with Crippen molar-refractivity contribution in [1.82, 2.24) is 0 Å². The maximum atomic E-state index is 6.47. The van der Waals surface area contributed by atoms with Crippen molar-refractivity contribution < 1.29 is 4.42 Å². The number of furan rings is 1. The lowest BCUT2D eigenvalue weighted by atomic mass is 9.70. The third-order valence-electron chi connectivity index (χ3n) is 16.3. The van der Waals surface area contributed by atoms with Crippen molar-refractivity contribution in [2.45, 2.75) is 10.8 Å². The Morgan fingerprint density at radius 3 is 1.33 bits per heavy atom. The predicted molar refractivity (Wildman–Crippen MR) is 286 cm³/mol. The highest BCUT2D eigenvalue weighted by Gasteiger charge is 2.54. The summed E-state index contributed by atoms with van der Waals surface area (Å²) < 4.78 is 6.47. The van der Waals surface area contributed by atoms with Crippen LogP contribution < -0.4 is 4.90 Å². The predicted octanol–water partition coefficient (Wildman–Crippen LogP) is 17.4. The molecule has 4 aliphatic rings. The van der Waals surface area contributed by atoms with Gasteiger partial charge in [-0.3, -0.25) is 0 Å². The molecule has 0 aliphatic heterocycles. The molecule has 0 atom stereocenters. The van der Waals surface area contributed by atoms with Crippen molar-refractivity contribution in [2.75, 3.05) is 4.90 Å². The minimum atomic E-state index is -0.489. The van der Waals surface area contributed by atoms with Crippen LogP contribution in [0.2, 0.25) is 0 Å². The van der Waals surface area contributed by atoms with Crippen LogP contribution >= 0.6 is 0 Å². The smallest absolute Gasteiger partial charge is 0.136 e. The summed E-state index contributed by atoms with van der Waals surface area (Å²) in [6.07, 6.45) is 0. The van der Waals surface area contributed by atoms with Crippen LogP contribution in [-0.4, -0.2) is 0 Å². The van der Waals surface area contributed by atoms with E-state index in [1.807, 2.05) is 6.07 Å². The zero-order valence-electron chi connectivity index (χ0n) is 38.0. The van der Waals surface area contributed by atoms with Crippen molar-refractivity contribution in [2.24, 2.45) is 0 Å². The van der Waals surface area contributed by atoms with Crippen LogP contribution in [0.25, 0.3) is 77.6 Å². The number of hydrogen-bond donors (Lipinski definition) is 0. The second kappa shape index (κ2) is 13.8. The third-order valence-corrected chi connectivity index (χ3v) is 16.3. The van der Waals surface area contributed by atoms with E-state index in [1.165, 1.54) is 89.0 Å². The fraction of sp³-hybridized carbons (Fsp3) is 0.0294. The lowest BCUT2D eigenvalue weighted by Crippen LogP contribution is -2.26. The van der Waals surface area contributed by atoms with Gasteiger partial charge in [0.25, 0.3) is 0 Å². The van der Waals surface area contributed by atoms with Crippen molar-refractivity contribution in [1.29, 1.82) is 0 Å². The Hall–Kier alpha value is -8.98. The van der Waals surface area contributed by atoms with E-state index in [4.69, 9.17) is 4.42 Å². The van der Waals surface area contributed by atoms with Crippen LogP contribution in [0.4, 0.5) is 17.1 Å². The molecule has 0 saturated carbocycles. The number of hydrogen-bond acceptors (Lipinski definition) is 2. The first-order valence-electron chi connectivity index (χ1n) is 24.4. The van der Waals surface area contributed by atoms with Crippen molar-refractivity contribution >= 4 is 39.0 Å². The minimum Gasteiger partial charge on any atom is -0.456 e. The molecule has 0 N–H and O–H groups in total. The van der Waals surface area contributed by atoms with Crippen molar-refractivity contribution in [3.63, 3.8) is 0 Å². The fourth-order valence-electron chi connectivity index (χ4n) is 13.7. The highest BCUT2D eigenvalue weighted by atomic mass is 16.3. The number of para-hydroxylation sites is 1. The molecule has 0 fully saturated rings. The standard InChI is InChI=1S/C68H41NO/c1-8-26-55-46(19-1)47-20-2-9-27-56(47)67(55)60-31-13-6-25-54(60)66-61(67)32-16-33-63(66)69(44-18-15-17-42(39-44)43-35-37-53-52-24-7-14-34-64(52)70-65(53)40-43)45-36-38-51-50-23-5-12-30-59(50)68(62(51)41-45)57-28-10-3-21-48(57)49-22-4-11-29-58(49)68/h1-41H. The van der Waals surface area contributed by atoms with Gasteiger partial charge in [-0.1, -0.05) is 200 Å². The Morgan fingerprint density at radius 2 is 0.714 bits per heavy atom. The van der Waals surface area contributed by atoms with E-state index >= 15 is 0 Å². The molecule has 0 saturated heterocycles. The average Bonchev–Trinajstić information content (AvgIpc) is 4.20. The molecule has 0 bridgehead atoms. The van der Waals surface area contributed by atoms with Crippen LogP contribution in [0.1, 0.15) is 44.5 Å². The highest BCUT2D eigenvalue weighted by molar-refractivity contribution is 6.07. The van der Waals surface area contributed by atoms with E-state index in [1.54, 1.807) is 0 Å². The van der Waals surface area contributed by atoms with Gasteiger partial charge in [0.05, 0.1) is 16.5 Å². The normalized spacial score (nSPS) is 14.2. The lowest BCUT2D eigenvalue weighted by Gasteiger charge is -2.33. The summed E-state index contributed by atoms with van der Waals surface area (Å²) >= 11 is 0. The Bertz CT molecular complexity index is 4120. The number of benzene rings is 11. The van der Waals surface area contributed by atoms with Crippen LogP contribution in [0.3, 0.4) is 0 Å². The molecule has 1 heterocycles. The quantitative estimate of drug-likeness (QED) is 0.175. The van der Waals surface area contributed by atoms with Gasteiger partial charge in [-0.05, 0) is 143 Å². The third kappa shape index (κ3) is 4.68. The van der Waals surface area contributed by atoms with Gasteiger partial charge in [-0.15, -0.1) is 0 Å². The average molecular weight is 888 g/mol. The molecule has 4 aliphatic carbocycles. The van der Waals surface area contributed by atoms with Crippen LogP contribution in [-0.2, 0) is 10.8 Å². The van der Waals surface area contributed by atoms with Gasteiger partial charge < -0.3 is 9.32 Å². The summed E-state index contributed by atoms with van der Waals surface area (Å²) in [5.74, 6) is 0. The van der Waals surface area contributed by atoms with E-state index in [0.29, 0.717) is 0 Å². The Labute approximate surface area is 406 Å². The Morgan fingerprint density at radius 1 is 0.271 bits per heavy atom. The molecule has 0 unspecified atom stereocenters. The summed E-state index contributed by atoms with van der Waals surface area (Å²) in [7, 11) is 0. The number of nitrogens with zero attached hydrogens (tertiary/aromatic N) is 1. The molecule has 16 rings (SSSR count). The van der Waals surface area contributed by atoms with Gasteiger partial charge in [0.15, 0.2) is 0 Å². The molecule has 324 valence electrons.